The first-order valence-corrected chi connectivity index (χ1v) is 5.02. The summed E-state index contributed by atoms with van der Waals surface area (Å²) in [5.74, 6) is 1.56. The molecule has 0 aromatic carbocycles. The van der Waals surface area contributed by atoms with E-state index in [2.05, 4.69) is 11.2 Å². The Kier molecular flexibility index (Phi) is 7.08. The van der Waals surface area contributed by atoms with Crippen LogP contribution < -0.4 is 5.32 Å². The third kappa shape index (κ3) is 6.55. The minimum absolute atomic E-state index is 0.148. The Hall–Kier alpha value is -1.50. The molecule has 0 saturated carbocycles. The van der Waals surface area contributed by atoms with Crippen LogP contribution in [0.15, 0.2) is 0 Å². The molecule has 0 aromatic rings. The van der Waals surface area contributed by atoms with Crippen molar-refractivity contribution in [3.8, 4) is 12.3 Å². The highest BCUT2D eigenvalue weighted by Gasteiger charge is 2.16. The van der Waals surface area contributed by atoms with Crippen LogP contribution in [-0.4, -0.2) is 24.5 Å². The monoisotopic (exact) mass is 211 g/mol. The molecule has 15 heavy (non-hydrogen) atoms. The molecule has 1 amide bonds. The fraction of sp³-hybridized carbons (Fsp3) is 0.636. The van der Waals surface area contributed by atoms with Crippen molar-refractivity contribution >= 4 is 11.9 Å². The Balaban J connectivity index is 3.81. The lowest BCUT2D eigenvalue weighted by Crippen LogP contribution is -2.35. The van der Waals surface area contributed by atoms with Gasteiger partial charge in [-0.1, -0.05) is 19.3 Å². The van der Waals surface area contributed by atoms with E-state index in [0.29, 0.717) is 6.42 Å². The maximum atomic E-state index is 11.2. The average molecular weight is 211 g/mol. The van der Waals surface area contributed by atoms with E-state index in [1.165, 1.54) is 6.92 Å². The molecule has 4 nitrogen and oxygen atoms in total. The Morgan fingerprint density at radius 1 is 1.53 bits per heavy atom. The van der Waals surface area contributed by atoms with Crippen LogP contribution >= 0.6 is 0 Å². The van der Waals surface area contributed by atoms with Gasteiger partial charge in [0.1, 0.15) is 0 Å². The van der Waals surface area contributed by atoms with E-state index in [1.807, 2.05) is 6.92 Å². The van der Waals surface area contributed by atoms with Crippen LogP contribution in [-0.2, 0) is 14.3 Å². The molecule has 0 bridgehead atoms. The van der Waals surface area contributed by atoms with E-state index in [1.54, 1.807) is 0 Å². The summed E-state index contributed by atoms with van der Waals surface area (Å²) in [5.41, 5.74) is 0. The highest BCUT2D eigenvalue weighted by molar-refractivity contribution is 5.83. The van der Waals surface area contributed by atoms with E-state index in [-0.39, 0.29) is 18.4 Å². The summed E-state index contributed by atoms with van der Waals surface area (Å²) in [6.45, 7) is 3.65. The first-order valence-electron chi connectivity index (χ1n) is 5.02. The third-order valence-electron chi connectivity index (χ3n) is 1.78. The van der Waals surface area contributed by atoms with Crippen molar-refractivity contribution in [3.05, 3.63) is 0 Å². The van der Waals surface area contributed by atoms with Crippen LogP contribution in [0.25, 0.3) is 0 Å². The van der Waals surface area contributed by atoms with Gasteiger partial charge in [-0.3, -0.25) is 9.59 Å². The largest absolute Gasteiger partial charge is 0.453 e. The molecule has 0 aromatic heterocycles. The summed E-state index contributed by atoms with van der Waals surface area (Å²) < 4.78 is 4.89. The number of carbonyl (C=O) groups is 2. The van der Waals surface area contributed by atoms with Crippen molar-refractivity contribution in [1.82, 2.24) is 5.32 Å². The van der Waals surface area contributed by atoms with Crippen LogP contribution in [0.4, 0.5) is 0 Å². The Morgan fingerprint density at radius 2 is 2.20 bits per heavy atom. The molecule has 1 N–H and O–H groups in total. The Bertz CT molecular complexity index is 255. The number of unbranched alkanes of at least 4 members (excludes halogenated alkanes) is 1. The second-order valence-electron chi connectivity index (χ2n) is 3.16. The number of hydrogen-bond acceptors (Lipinski definition) is 3. The van der Waals surface area contributed by atoms with Crippen LogP contribution in [0.2, 0.25) is 0 Å². The summed E-state index contributed by atoms with van der Waals surface area (Å²) in [5, 5.41) is 2.44. The summed E-state index contributed by atoms with van der Waals surface area (Å²) in [6, 6.07) is 0. The fourth-order valence-electron chi connectivity index (χ4n) is 0.913. The number of terminal acetylenes is 1. The summed E-state index contributed by atoms with van der Waals surface area (Å²) in [7, 11) is 0. The molecule has 0 radical (unpaired) electrons. The van der Waals surface area contributed by atoms with Crippen LogP contribution in [0.3, 0.4) is 0 Å². The predicted octanol–water partition coefficient (Wildman–Crippen LogP) is 0.858. The number of rotatable bonds is 6. The van der Waals surface area contributed by atoms with E-state index in [0.717, 1.165) is 12.8 Å². The standard InChI is InChI=1S/C11H17NO3/c1-4-6-7-10(13)15-9(3)11(14)12-8-5-2/h2,9H,4,6-8H2,1,3H3,(H,12,14)/t9-/m0/s1. The zero-order valence-corrected chi connectivity index (χ0v) is 9.21. The molecule has 0 aliphatic rings. The van der Waals surface area contributed by atoms with E-state index in [4.69, 9.17) is 11.2 Å². The molecule has 84 valence electrons. The number of amides is 1. The van der Waals surface area contributed by atoms with Crippen LogP contribution in [0, 0.1) is 12.3 Å². The molecule has 0 rings (SSSR count). The van der Waals surface area contributed by atoms with Gasteiger partial charge in [0, 0.05) is 6.42 Å². The minimum Gasteiger partial charge on any atom is -0.453 e. The number of carbonyl (C=O) groups excluding carboxylic acids is 2. The quantitative estimate of drug-likeness (QED) is 0.523. The summed E-state index contributed by atoms with van der Waals surface area (Å²) in [6.07, 6.45) is 6.25. The number of esters is 1. The molecule has 0 aliphatic carbocycles. The average Bonchev–Trinajstić information content (AvgIpc) is 2.22. The Labute approximate surface area is 90.4 Å². The first kappa shape index (κ1) is 13.5. The molecular formula is C11H17NO3. The maximum absolute atomic E-state index is 11.2. The molecule has 4 heteroatoms. The highest BCUT2D eigenvalue weighted by Crippen LogP contribution is 2.00. The van der Waals surface area contributed by atoms with Crippen molar-refractivity contribution in [1.29, 1.82) is 0 Å². The first-order chi connectivity index (χ1) is 7.11. The maximum Gasteiger partial charge on any atom is 0.306 e. The van der Waals surface area contributed by atoms with Crippen LogP contribution in [0.1, 0.15) is 33.1 Å². The molecule has 0 heterocycles. The molecular weight excluding hydrogens is 194 g/mol. The van der Waals surface area contributed by atoms with Gasteiger partial charge in [-0.15, -0.1) is 6.42 Å². The fourth-order valence-corrected chi connectivity index (χ4v) is 0.913. The number of hydrogen-bond donors (Lipinski definition) is 1. The van der Waals surface area contributed by atoms with Gasteiger partial charge in [-0.25, -0.2) is 0 Å². The van der Waals surface area contributed by atoms with Crippen molar-refractivity contribution in [3.63, 3.8) is 0 Å². The summed E-state index contributed by atoms with van der Waals surface area (Å²) >= 11 is 0. The van der Waals surface area contributed by atoms with Gasteiger partial charge in [-0.2, -0.15) is 0 Å². The molecule has 0 spiro atoms. The van der Waals surface area contributed by atoms with Crippen molar-refractivity contribution in [2.45, 2.75) is 39.2 Å². The van der Waals surface area contributed by atoms with Crippen molar-refractivity contribution < 1.29 is 14.3 Å². The lowest BCUT2D eigenvalue weighted by atomic mass is 10.2. The van der Waals surface area contributed by atoms with Gasteiger partial charge >= 0.3 is 5.97 Å². The molecule has 1 atom stereocenters. The molecule has 0 aliphatic heterocycles. The van der Waals surface area contributed by atoms with Gasteiger partial charge in [-0.05, 0) is 13.3 Å². The highest BCUT2D eigenvalue weighted by atomic mass is 16.5. The SMILES string of the molecule is C#CCNC(=O)[C@H](C)OC(=O)CCCC. The molecule has 0 saturated heterocycles. The Morgan fingerprint density at radius 3 is 2.73 bits per heavy atom. The van der Waals surface area contributed by atoms with Crippen molar-refractivity contribution in [2.75, 3.05) is 6.54 Å². The van der Waals surface area contributed by atoms with Gasteiger partial charge in [0.05, 0.1) is 6.54 Å². The normalized spacial score (nSPS) is 11.3. The van der Waals surface area contributed by atoms with E-state index >= 15 is 0 Å². The van der Waals surface area contributed by atoms with Gasteiger partial charge in [0.25, 0.3) is 5.91 Å². The minimum atomic E-state index is -0.775. The molecule has 0 fully saturated rings. The van der Waals surface area contributed by atoms with Gasteiger partial charge in [0.15, 0.2) is 6.10 Å². The topological polar surface area (TPSA) is 55.4 Å². The second-order valence-corrected chi connectivity index (χ2v) is 3.16. The van der Waals surface area contributed by atoms with Gasteiger partial charge < -0.3 is 10.1 Å². The van der Waals surface area contributed by atoms with E-state index < -0.39 is 6.10 Å². The zero-order chi connectivity index (χ0) is 11.7. The second kappa shape index (κ2) is 7.86. The lowest BCUT2D eigenvalue weighted by molar-refractivity contribution is -0.154. The smallest absolute Gasteiger partial charge is 0.306 e. The number of nitrogens with one attached hydrogen (secondary N) is 1. The lowest BCUT2D eigenvalue weighted by Gasteiger charge is -2.11. The molecule has 0 unspecified atom stereocenters. The van der Waals surface area contributed by atoms with Crippen LogP contribution in [0.5, 0.6) is 0 Å². The number of ether oxygens (including phenoxy) is 1. The van der Waals surface area contributed by atoms with Gasteiger partial charge in [0.2, 0.25) is 0 Å². The third-order valence-corrected chi connectivity index (χ3v) is 1.78. The summed E-state index contributed by atoms with van der Waals surface area (Å²) in [4.78, 5) is 22.4. The van der Waals surface area contributed by atoms with E-state index in [9.17, 15) is 9.59 Å². The van der Waals surface area contributed by atoms with Crippen molar-refractivity contribution in [2.24, 2.45) is 0 Å². The zero-order valence-electron chi connectivity index (χ0n) is 9.21. The predicted molar refractivity (Wildman–Crippen MR) is 56.9 cm³/mol.